The summed E-state index contributed by atoms with van der Waals surface area (Å²) < 4.78 is 5.17. The molecular weight excluding hydrogens is 340 g/mol. The molecule has 1 amide bonds. The summed E-state index contributed by atoms with van der Waals surface area (Å²) in [5.41, 5.74) is 0.445. The van der Waals surface area contributed by atoms with Crippen LogP contribution in [0.15, 0.2) is 24.3 Å². The van der Waals surface area contributed by atoms with Crippen LogP contribution < -0.4 is 4.74 Å². The average molecular weight is 347 g/mol. The highest BCUT2D eigenvalue weighted by atomic mass is 35.5. The number of para-hydroxylation sites is 1. The molecule has 0 saturated heterocycles. The molecule has 2 rings (SSSR count). The molecule has 0 unspecified atom stereocenters. The molecule has 1 aliphatic heterocycles. The van der Waals surface area contributed by atoms with E-state index in [0.717, 1.165) is 11.9 Å². The summed E-state index contributed by atoms with van der Waals surface area (Å²) in [4.78, 5) is 11.1. The number of amides is 1. The maximum Gasteiger partial charge on any atom is 0.270 e. The summed E-state index contributed by atoms with van der Waals surface area (Å²) in [7, 11) is 0. The number of rotatable bonds is 3. The lowest BCUT2D eigenvalue weighted by molar-refractivity contribution is 0.0738. The lowest BCUT2D eigenvalue weighted by atomic mass is 10.2. The summed E-state index contributed by atoms with van der Waals surface area (Å²) in [5, 5.41) is 0. The van der Waals surface area contributed by atoms with Gasteiger partial charge >= 0.3 is 0 Å². The number of halogens is 4. The smallest absolute Gasteiger partial charge is 0.270 e. The molecule has 0 N–H and O–H groups in total. The lowest BCUT2D eigenvalue weighted by Crippen LogP contribution is -2.37. The number of carbonyl (C=O) groups excluding carboxylic acids is 1. The number of ether oxygens (including phenoxy) is 1. The third-order valence-electron chi connectivity index (χ3n) is 2.17. The summed E-state index contributed by atoms with van der Waals surface area (Å²) in [6.07, 6.45) is 0. The van der Waals surface area contributed by atoms with E-state index in [1.165, 1.54) is 4.31 Å². The minimum absolute atomic E-state index is 0.0300. The van der Waals surface area contributed by atoms with Crippen molar-refractivity contribution in [3.63, 3.8) is 0 Å². The third kappa shape index (κ3) is 2.94. The van der Waals surface area contributed by atoms with Gasteiger partial charge in [0.25, 0.3) is 5.91 Å². The normalized spacial score (nSPS) is 15.6. The monoisotopic (exact) mass is 345 g/mol. The third-order valence-corrected chi connectivity index (χ3v) is 5.35. The molecule has 18 heavy (non-hydrogen) atoms. The molecule has 1 aromatic carbocycles. The van der Waals surface area contributed by atoms with Crippen LogP contribution in [-0.2, 0) is 0 Å². The molecule has 1 heterocycles. The van der Waals surface area contributed by atoms with Crippen molar-refractivity contribution in [3.8, 4) is 5.75 Å². The molecule has 0 bridgehead atoms. The Morgan fingerprint density at radius 3 is 2.67 bits per heavy atom. The Bertz CT molecular complexity index is 469. The molecular formula is C10H7Cl4NO2S. The van der Waals surface area contributed by atoms with E-state index >= 15 is 0 Å². The molecule has 0 saturated carbocycles. The van der Waals surface area contributed by atoms with Gasteiger partial charge in [-0.15, -0.1) is 23.2 Å². The summed E-state index contributed by atoms with van der Waals surface area (Å²) in [6, 6.07) is 6.91. The molecule has 0 aromatic heterocycles. The second-order valence-electron chi connectivity index (χ2n) is 3.41. The maximum atomic E-state index is 12.1. The van der Waals surface area contributed by atoms with Gasteiger partial charge in [0.05, 0.1) is 5.56 Å². The number of fused-ring (bicyclic) bond motifs is 1. The highest BCUT2D eigenvalue weighted by Gasteiger charge is 2.39. The van der Waals surface area contributed by atoms with Crippen LogP contribution >= 0.6 is 58.4 Å². The van der Waals surface area contributed by atoms with Gasteiger partial charge in [-0.3, -0.25) is 4.79 Å². The molecule has 1 aliphatic rings. The second-order valence-corrected chi connectivity index (χ2v) is 7.60. The van der Waals surface area contributed by atoms with Crippen molar-refractivity contribution in [3.05, 3.63) is 29.8 Å². The number of carbonyl (C=O) groups is 1. The standard InChI is InChI=1S/C10H7Cl4NO2S/c11-9(12)10(13,14)18-15-5-17-7-4-2-1-3-6(7)8(15)16/h1-4,9H,5H2. The zero-order valence-electron chi connectivity index (χ0n) is 8.78. The Morgan fingerprint density at radius 1 is 1.33 bits per heavy atom. The predicted molar refractivity (Wildman–Crippen MR) is 75.6 cm³/mol. The highest BCUT2D eigenvalue weighted by Crippen LogP contribution is 2.45. The summed E-state index contributed by atoms with van der Waals surface area (Å²) in [6.45, 7) is 0.0300. The van der Waals surface area contributed by atoms with Crippen molar-refractivity contribution in [2.24, 2.45) is 0 Å². The fourth-order valence-corrected chi connectivity index (χ4v) is 2.74. The van der Waals surface area contributed by atoms with Gasteiger partial charge in [-0.2, -0.15) is 0 Å². The predicted octanol–water partition coefficient (Wildman–Crippen LogP) is 4.06. The molecule has 0 aliphatic carbocycles. The molecule has 1 aromatic rings. The van der Waals surface area contributed by atoms with Crippen molar-refractivity contribution >= 4 is 64.3 Å². The van der Waals surface area contributed by atoms with E-state index in [4.69, 9.17) is 51.1 Å². The Kier molecular flexibility index (Phi) is 4.44. The van der Waals surface area contributed by atoms with Crippen molar-refractivity contribution < 1.29 is 9.53 Å². The SMILES string of the molecule is O=C1c2ccccc2OCN1SC(Cl)(Cl)C(Cl)Cl. The molecule has 0 atom stereocenters. The zero-order chi connectivity index (χ0) is 13.3. The van der Waals surface area contributed by atoms with E-state index in [-0.39, 0.29) is 12.6 Å². The zero-order valence-corrected chi connectivity index (χ0v) is 12.6. The van der Waals surface area contributed by atoms with Crippen molar-refractivity contribution in [1.29, 1.82) is 0 Å². The van der Waals surface area contributed by atoms with Crippen molar-refractivity contribution in [2.75, 3.05) is 6.73 Å². The molecule has 0 fully saturated rings. The van der Waals surface area contributed by atoms with Crippen LogP contribution in [0.4, 0.5) is 0 Å². The highest BCUT2D eigenvalue weighted by molar-refractivity contribution is 8.01. The average Bonchev–Trinajstić information content (AvgIpc) is 2.33. The summed E-state index contributed by atoms with van der Waals surface area (Å²) in [5.74, 6) is 0.281. The first-order valence-corrected chi connectivity index (χ1v) is 7.21. The van der Waals surface area contributed by atoms with Gasteiger partial charge in [-0.05, 0) is 24.1 Å². The summed E-state index contributed by atoms with van der Waals surface area (Å²) >= 11 is 23.9. The molecule has 0 spiro atoms. The van der Waals surface area contributed by atoms with Gasteiger partial charge < -0.3 is 4.74 Å². The van der Waals surface area contributed by atoms with Crippen LogP contribution in [0.5, 0.6) is 5.75 Å². The minimum atomic E-state index is -1.52. The number of hydrogen-bond acceptors (Lipinski definition) is 3. The number of alkyl halides is 4. The van der Waals surface area contributed by atoms with E-state index in [1.807, 2.05) is 0 Å². The Morgan fingerprint density at radius 2 is 2.00 bits per heavy atom. The van der Waals surface area contributed by atoms with Crippen molar-refractivity contribution in [1.82, 2.24) is 4.31 Å². The quantitative estimate of drug-likeness (QED) is 0.610. The van der Waals surface area contributed by atoms with Gasteiger partial charge in [0, 0.05) is 0 Å². The van der Waals surface area contributed by atoms with E-state index in [1.54, 1.807) is 24.3 Å². The van der Waals surface area contributed by atoms with Gasteiger partial charge in [-0.25, -0.2) is 4.31 Å². The molecule has 98 valence electrons. The van der Waals surface area contributed by atoms with Crippen LogP contribution in [-0.4, -0.2) is 25.4 Å². The van der Waals surface area contributed by atoms with Crippen LogP contribution in [0.2, 0.25) is 0 Å². The number of nitrogens with zero attached hydrogens (tertiary/aromatic N) is 1. The Balaban J connectivity index is 2.18. The molecule has 3 nitrogen and oxygen atoms in total. The van der Waals surface area contributed by atoms with Crippen LogP contribution in [0.25, 0.3) is 0 Å². The van der Waals surface area contributed by atoms with Gasteiger partial charge in [0.15, 0.2) is 11.6 Å². The van der Waals surface area contributed by atoms with Crippen LogP contribution in [0.3, 0.4) is 0 Å². The lowest BCUT2D eigenvalue weighted by Gasteiger charge is -2.31. The maximum absolute atomic E-state index is 12.1. The van der Waals surface area contributed by atoms with Gasteiger partial charge in [0.1, 0.15) is 5.75 Å². The van der Waals surface area contributed by atoms with E-state index in [9.17, 15) is 4.79 Å². The number of hydrogen-bond donors (Lipinski definition) is 0. The van der Waals surface area contributed by atoms with E-state index < -0.39 is 8.50 Å². The molecule has 0 radical (unpaired) electrons. The fourth-order valence-electron chi connectivity index (χ4n) is 1.34. The first kappa shape index (κ1) is 14.4. The Hall–Kier alpha value is -0.000000000000000111. The van der Waals surface area contributed by atoms with Crippen LogP contribution in [0, 0.1) is 0 Å². The first-order valence-electron chi connectivity index (χ1n) is 4.80. The minimum Gasteiger partial charge on any atom is -0.471 e. The Labute approximate surface area is 128 Å². The largest absolute Gasteiger partial charge is 0.471 e. The fraction of sp³-hybridized carbons (Fsp3) is 0.300. The van der Waals surface area contributed by atoms with E-state index in [0.29, 0.717) is 11.3 Å². The van der Waals surface area contributed by atoms with E-state index in [2.05, 4.69) is 0 Å². The van der Waals surface area contributed by atoms with Crippen LogP contribution in [0.1, 0.15) is 10.4 Å². The number of benzene rings is 1. The second kappa shape index (κ2) is 5.55. The molecule has 8 heteroatoms. The van der Waals surface area contributed by atoms with Gasteiger partial charge in [0.2, 0.25) is 3.67 Å². The van der Waals surface area contributed by atoms with Gasteiger partial charge in [-0.1, -0.05) is 35.3 Å². The topological polar surface area (TPSA) is 29.5 Å². The first-order chi connectivity index (χ1) is 8.42. The van der Waals surface area contributed by atoms with Crippen molar-refractivity contribution in [2.45, 2.75) is 8.50 Å².